The molecule has 144 valence electrons. The van der Waals surface area contributed by atoms with Gasteiger partial charge in [-0.05, 0) is 24.3 Å². The van der Waals surface area contributed by atoms with Gasteiger partial charge in [0.15, 0.2) is 0 Å². The summed E-state index contributed by atoms with van der Waals surface area (Å²) < 4.78 is 10.6. The molecule has 4 rings (SSSR count). The second kappa shape index (κ2) is 7.83. The van der Waals surface area contributed by atoms with Crippen molar-refractivity contribution in [3.8, 4) is 17.1 Å². The Morgan fingerprint density at radius 1 is 1.04 bits per heavy atom. The van der Waals surface area contributed by atoms with Crippen LogP contribution < -0.4 is 15.0 Å². The van der Waals surface area contributed by atoms with Gasteiger partial charge in [-0.3, -0.25) is 0 Å². The van der Waals surface area contributed by atoms with Crippen LogP contribution in [0.15, 0.2) is 28.8 Å². The van der Waals surface area contributed by atoms with E-state index in [9.17, 15) is 4.79 Å². The molecule has 0 aliphatic carbocycles. The van der Waals surface area contributed by atoms with E-state index in [0.29, 0.717) is 38.0 Å². The molecule has 0 saturated carbocycles. The minimum absolute atomic E-state index is 0.126. The standard InChI is InChI=1S/C18H24N6O3/c1-26-15-4-2-14(3-5-15)16-20-17(27-21-16)22-10-12-24(13-11-22)18(25)23-8-6-19-7-9-23/h2-5,19H,6-13H2,1H3. The molecule has 27 heavy (non-hydrogen) atoms. The first-order valence-electron chi connectivity index (χ1n) is 9.22. The molecule has 0 spiro atoms. The Balaban J connectivity index is 1.35. The minimum atomic E-state index is 0.126. The first-order chi connectivity index (χ1) is 13.2. The summed E-state index contributed by atoms with van der Waals surface area (Å²) in [5.74, 6) is 1.33. The van der Waals surface area contributed by atoms with Gasteiger partial charge in [-0.1, -0.05) is 5.16 Å². The highest BCUT2D eigenvalue weighted by molar-refractivity contribution is 5.75. The predicted molar refractivity (Wildman–Crippen MR) is 99.9 cm³/mol. The summed E-state index contributed by atoms with van der Waals surface area (Å²) in [5, 5.41) is 7.35. The van der Waals surface area contributed by atoms with Crippen molar-refractivity contribution in [1.82, 2.24) is 25.3 Å². The second-order valence-electron chi connectivity index (χ2n) is 6.62. The van der Waals surface area contributed by atoms with Crippen molar-refractivity contribution in [2.45, 2.75) is 0 Å². The number of piperazine rings is 2. The van der Waals surface area contributed by atoms with Gasteiger partial charge in [0.2, 0.25) is 5.82 Å². The SMILES string of the molecule is COc1ccc(-c2noc(N3CCN(C(=O)N4CCNCC4)CC3)n2)cc1. The summed E-state index contributed by atoms with van der Waals surface area (Å²) in [6, 6.07) is 8.16. The average molecular weight is 372 g/mol. The summed E-state index contributed by atoms with van der Waals surface area (Å²) >= 11 is 0. The van der Waals surface area contributed by atoms with E-state index >= 15 is 0 Å². The highest BCUT2D eigenvalue weighted by Crippen LogP contribution is 2.23. The van der Waals surface area contributed by atoms with Gasteiger partial charge in [-0.2, -0.15) is 4.98 Å². The molecule has 2 aromatic rings. The fraction of sp³-hybridized carbons (Fsp3) is 0.500. The van der Waals surface area contributed by atoms with Gasteiger partial charge in [0.25, 0.3) is 0 Å². The van der Waals surface area contributed by atoms with E-state index in [1.54, 1.807) is 7.11 Å². The first-order valence-corrected chi connectivity index (χ1v) is 9.22. The van der Waals surface area contributed by atoms with Crippen LogP contribution in [-0.2, 0) is 0 Å². The van der Waals surface area contributed by atoms with Gasteiger partial charge in [-0.15, -0.1) is 0 Å². The van der Waals surface area contributed by atoms with Gasteiger partial charge < -0.3 is 29.3 Å². The van der Waals surface area contributed by atoms with Crippen molar-refractivity contribution in [2.24, 2.45) is 0 Å². The fourth-order valence-corrected chi connectivity index (χ4v) is 3.35. The molecule has 0 bridgehead atoms. The number of ether oxygens (including phenoxy) is 1. The number of methoxy groups -OCH3 is 1. The summed E-state index contributed by atoms with van der Waals surface area (Å²) in [7, 11) is 1.63. The number of benzene rings is 1. The Kier molecular flexibility index (Phi) is 5.10. The molecule has 2 aliphatic heterocycles. The van der Waals surface area contributed by atoms with E-state index in [2.05, 4.69) is 15.5 Å². The maximum atomic E-state index is 12.6. The Hall–Kier alpha value is -2.81. The van der Waals surface area contributed by atoms with E-state index in [1.165, 1.54) is 0 Å². The molecular formula is C18H24N6O3. The lowest BCUT2D eigenvalue weighted by Gasteiger charge is -2.38. The molecule has 1 aromatic carbocycles. The number of rotatable bonds is 3. The van der Waals surface area contributed by atoms with E-state index in [4.69, 9.17) is 9.26 Å². The maximum Gasteiger partial charge on any atom is 0.324 e. The predicted octanol–water partition coefficient (Wildman–Crippen LogP) is 0.892. The summed E-state index contributed by atoms with van der Waals surface area (Å²) in [6.45, 7) is 5.95. The molecule has 0 atom stereocenters. The number of carbonyl (C=O) groups is 1. The number of hydrogen-bond donors (Lipinski definition) is 1. The number of hydrogen-bond acceptors (Lipinski definition) is 7. The second-order valence-corrected chi connectivity index (χ2v) is 6.62. The fourth-order valence-electron chi connectivity index (χ4n) is 3.35. The van der Waals surface area contributed by atoms with Crippen LogP contribution >= 0.6 is 0 Å². The van der Waals surface area contributed by atoms with Crippen LogP contribution in [0.5, 0.6) is 5.75 Å². The largest absolute Gasteiger partial charge is 0.497 e. The van der Waals surface area contributed by atoms with Crippen LogP contribution in [-0.4, -0.2) is 85.4 Å². The summed E-state index contributed by atoms with van der Waals surface area (Å²) in [6.07, 6.45) is 0. The van der Waals surface area contributed by atoms with E-state index in [-0.39, 0.29) is 6.03 Å². The molecule has 0 unspecified atom stereocenters. The van der Waals surface area contributed by atoms with Gasteiger partial charge >= 0.3 is 12.0 Å². The quantitative estimate of drug-likeness (QED) is 0.856. The maximum absolute atomic E-state index is 12.6. The topological polar surface area (TPSA) is 87.0 Å². The lowest BCUT2D eigenvalue weighted by Crippen LogP contribution is -2.56. The van der Waals surface area contributed by atoms with Crippen LogP contribution in [0.4, 0.5) is 10.8 Å². The van der Waals surface area contributed by atoms with E-state index in [0.717, 1.165) is 37.5 Å². The van der Waals surface area contributed by atoms with Gasteiger partial charge in [0.05, 0.1) is 7.11 Å². The molecular weight excluding hydrogens is 348 g/mol. The highest BCUT2D eigenvalue weighted by atomic mass is 16.5. The molecule has 1 aromatic heterocycles. The van der Waals surface area contributed by atoms with E-state index < -0.39 is 0 Å². The molecule has 2 fully saturated rings. The van der Waals surface area contributed by atoms with E-state index in [1.807, 2.05) is 39.0 Å². The molecule has 3 heterocycles. The zero-order valence-corrected chi connectivity index (χ0v) is 15.4. The van der Waals surface area contributed by atoms with Crippen molar-refractivity contribution in [3.63, 3.8) is 0 Å². The number of nitrogens with one attached hydrogen (secondary N) is 1. The molecule has 2 saturated heterocycles. The number of anilines is 1. The Bertz CT molecular complexity index is 764. The molecule has 0 radical (unpaired) electrons. The van der Waals surface area contributed by atoms with Crippen molar-refractivity contribution in [2.75, 3.05) is 64.4 Å². The highest BCUT2D eigenvalue weighted by Gasteiger charge is 2.28. The third kappa shape index (κ3) is 3.82. The van der Waals surface area contributed by atoms with Crippen molar-refractivity contribution < 1.29 is 14.1 Å². The molecule has 2 aliphatic rings. The smallest absolute Gasteiger partial charge is 0.324 e. The Morgan fingerprint density at radius 2 is 1.70 bits per heavy atom. The van der Waals surface area contributed by atoms with Crippen molar-refractivity contribution in [1.29, 1.82) is 0 Å². The zero-order valence-electron chi connectivity index (χ0n) is 15.4. The van der Waals surface area contributed by atoms with Crippen LogP contribution in [0, 0.1) is 0 Å². The van der Waals surface area contributed by atoms with Crippen LogP contribution in [0.25, 0.3) is 11.4 Å². The van der Waals surface area contributed by atoms with Crippen LogP contribution in [0.1, 0.15) is 0 Å². The third-order valence-corrected chi connectivity index (χ3v) is 4.97. The number of amides is 2. The third-order valence-electron chi connectivity index (χ3n) is 4.97. The number of carbonyl (C=O) groups excluding carboxylic acids is 1. The first kappa shape index (κ1) is 17.6. The average Bonchev–Trinajstić information content (AvgIpc) is 3.24. The molecule has 1 N–H and O–H groups in total. The van der Waals surface area contributed by atoms with Gasteiger partial charge in [-0.25, -0.2) is 4.79 Å². The molecule has 2 amide bonds. The lowest BCUT2D eigenvalue weighted by molar-refractivity contribution is 0.143. The van der Waals surface area contributed by atoms with Gasteiger partial charge in [0.1, 0.15) is 5.75 Å². The molecule has 9 nitrogen and oxygen atoms in total. The number of aromatic nitrogens is 2. The minimum Gasteiger partial charge on any atom is -0.497 e. The van der Waals surface area contributed by atoms with Crippen LogP contribution in [0.2, 0.25) is 0 Å². The number of nitrogens with zero attached hydrogens (tertiary/aromatic N) is 5. The summed E-state index contributed by atoms with van der Waals surface area (Å²) in [5.41, 5.74) is 0.873. The van der Waals surface area contributed by atoms with Crippen LogP contribution in [0.3, 0.4) is 0 Å². The summed E-state index contributed by atoms with van der Waals surface area (Å²) in [4.78, 5) is 22.9. The van der Waals surface area contributed by atoms with Crippen molar-refractivity contribution in [3.05, 3.63) is 24.3 Å². The Morgan fingerprint density at radius 3 is 2.37 bits per heavy atom. The normalized spacial score (nSPS) is 17.9. The lowest BCUT2D eigenvalue weighted by atomic mass is 10.2. The number of urea groups is 1. The monoisotopic (exact) mass is 372 g/mol. The molecule has 9 heteroatoms. The Labute approximate surface area is 157 Å². The van der Waals surface area contributed by atoms with Crippen molar-refractivity contribution >= 4 is 12.0 Å². The zero-order chi connectivity index (χ0) is 18.6. The van der Waals surface area contributed by atoms with Gasteiger partial charge in [0, 0.05) is 57.9 Å².